The fraction of sp³-hybridized carbons (Fsp3) is 0.471. The second-order valence-corrected chi connectivity index (χ2v) is 6.42. The zero-order chi connectivity index (χ0) is 18.3. The van der Waals surface area contributed by atoms with E-state index in [1.54, 1.807) is 45.0 Å². The fourth-order valence-electron chi connectivity index (χ4n) is 1.94. The van der Waals surface area contributed by atoms with E-state index in [2.05, 4.69) is 10.6 Å². The quantitative estimate of drug-likeness (QED) is 0.737. The summed E-state index contributed by atoms with van der Waals surface area (Å²) in [6, 6.07) is 6.84. The summed E-state index contributed by atoms with van der Waals surface area (Å²) in [6.45, 7) is 6.93. The van der Waals surface area contributed by atoms with Gasteiger partial charge in [-0.3, -0.25) is 9.59 Å². The van der Waals surface area contributed by atoms with Crippen molar-refractivity contribution in [3.63, 3.8) is 0 Å². The molecule has 0 saturated carbocycles. The third-order valence-corrected chi connectivity index (χ3v) is 3.07. The average molecular weight is 336 g/mol. The first-order chi connectivity index (χ1) is 11.1. The maximum absolute atomic E-state index is 11.7. The molecule has 7 heteroatoms. The van der Waals surface area contributed by atoms with Gasteiger partial charge in [-0.2, -0.15) is 0 Å². The van der Waals surface area contributed by atoms with E-state index in [4.69, 9.17) is 4.74 Å². The minimum atomic E-state index is -1.04. The fourth-order valence-corrected chi connectivity index (χ4v) is 1.94. The number of carbonyl (C=O) groups excluding carboxylic acids is 2. The number of carboxylic acid groups (broad SMARTS) is 1. The molecule has 2 amide bonds. The summed E-state index contributed by atoms with van der Waals surface area (Å²) in [5.41, 5.74) is 0.775. The van der Waals surface area contributed by atoms with Gasteiger partial charge in [-0.25, -0.2) is 4.79 Å². The van der Waals surface area contributed by atoms with Crippen LogP contribution in [-0.4, -0.2) is 35.2 Å². The van der Waals surface area contributed by atoms with Crippen LogP contribution in [0.5, 0.6) is 0 Å². The molecule has 0 heterocycles. The predicted octanol–water partition coefficient (Wildman–Crippen LogP) is 2.02. The number of carboxylic acids is 1. The molecule has 1 atom stereocenters. The van der Waals surface area contributed by atoms with Crippen LogP contribution in [0.15, 0.2) is 24.3 Å². The van der Waals surface area contributed by atoms with Crippen molar-refractivity contribution in [1.82, 2.24) is 10.6 Å². The molecule has 0 aliphatic rings. The van der Waals surface area contributed by atoms with E-state index in [0.29, 0.717) is 12.1 Å². The molecular formula is C17H24N2O5. The van der Waals surface area contributed by atoms with Gasteiger partial charge in [0.25, 0.3) is 0 Å². The van der Waals surface area contributed by atoms with Crippen LogP contribution >= 0.6 is 0 Å². The van der Waals surface area contributed by atoms with E-state index < -0.39 is 23.6 Å². The molecule has 1 aromatic rings. The normalized spacial score (nSPS) is 12.2. The molecule has 0 saturated heterocycles. The molecular weight excluding hydrogens is 312 g/mol. The second-order valence-electron chi connectivity index (χ2n) is 6.42. The van der Waals surface area contributed by atoms with Crippen LogP contribution in [0.25, 0.3) is 0 Å². The second kappa shape index (κ2) is 8.33. The van der Waals surface area contributed by atoms with Crippen LogP contribution in [0.1, 0.15) is 44.7 Å². The summed E-state index contributed by atoms with van der Waals surface area (Å²) in [4.78, 5) is 34.0. The van der Waals surface area contributed by atoms with Crippen LogP contribution in [0.3, 0.4) is 0 Å². The predicted molar refractivity (Wildman–Crippen MR) is 88.6 cm³/mol. The Morgan fingerprint density at radius 1 is 1.12 bits per heavy atom. The largest absolute Gasteiger partial charge is 0.481 e. The third-order valence-electron chi connectivity index (χ3n) is 3.07. The van der Waals surface area contributed by atoms with Gasteiger partial charge in [0, 0.05) is 20.0 Å². The monoisotopic (exact) mass is 336 g/mol. The molecule has 1 aromatic carbocycles. The summed E-state index contributed by atoms with van der Waals surface area (Å²) in [5, 5.41) is 14.5. The van der Waals surface area contributed by atoms with Gasteiger partial charge in [0.05, 0.1) is 5.92 Å². The SMILES string of the molecule is CC(=O)NCc1ccc(C(CNC(=O)OC(C)(C)C)C(=O)O)cc1. The Morgan fingerprint density at radius 2 is 1.71 bits per heavy atom. The van der Waals surface area contributed by atoms with Crippen molar-refractivity contribution >= 4 is 18.0 Å². The molecule has 0 bridgehead atoms. The summed E-state index contributed by atoms with van der Waals surface area (Å²) in [7, 11) is 0. The third kappa shape index (κ3) is 7.13. The highest BCUT2D eigenvalue weighted by Crippen LogP contribution is 2.17. The van der Waals surface area contributed by atoms with Crippen LogP contribution in [-0.2, 0) is 20.9 Å². The lowest BCUT2D eigenvalue weighted by Gasteiger charge is -2.21. The molecule has 132 valence electrons. The van der Waals surface area contributed by atoms with Crippen molar-refractivity contribution in [3.05, 3.63) is 35.4 Å². The van der Waals surface area contributed by atoms with Crippen molar-refractivity contribution in [3.8, 4) is 0 Å². The molecule has 24 heavy (non-hydrogen) atoms. The van der Waals surface area contributed by atoms with E-state index in [9.17, 15) is 19.5 Å². The number of carbonyl (C=O) groups is 3. The maximum Gasteiger partial charge on any atom is 0.407 e. The minimum Gasteiger partial charge on any atom is -0.481 e. The summed E-state index contributed by atoms with van der Waals surface area (Å²) >= 11 is 0. The van der Waals surface area contributed by atoms with Gasteiger partial charge >= 0.3 is 12.1 Å². The number of hydrogen-bond donors (Lipinski definition) is 3. The number of aliphatic carboxylic acids is 1. The molecule has 0 aliphatic heterocycles. The van der Waals surface area contributed by atoms with Gasteiger partial charge < -0.3 is 20.5 Å². The Hall–Kier alpha value is -2.57. The number of alkyl carbamates (subject to hydrolysis) is 1. The molecule has 7 nitrogen and oxygen atoms in total. The summed E-state index contributed by atoms with van der Waals surface area (Å²) in [6.07, 6.45) is -0.656. The number of amides is 2. The van der Waals surface area contributed by atoms with Gasteiger partial charge in [-0.05, 0) is 31.9 Å². The zero-order valence-electron chi connectivity index (χ0n) is 14.4. The van der Waals surface area contributed by atoms with Crippen LogP contribution in [0.2, 0.25) is 0 Å². The highest BCUT2D eigenvalue weighted by Gasteiger charge is 2.22. The van der Waals surface area contributed by atoms with Gasteiger partial charge in [0.2, 0.25) is 5.91 Å². The molecule has 1 unspecified atom stereocenters. The standard InChI is InChI=1S/C17H24N2O5/c1-11(20)18-9-12-5-7-13(8-6-12)14(15(21)22)10-19-16(23)24-17(2,3)4/h5-8,14H,9-10H2,1-4H3,(H,18,20)(H,19,23)(H,21,22). The molecule has 0 spiro atoms. The van der Waals surface area contributed by atoms with Crippen LogP contribution in [0, 0.1) is 0 Å². The summed E-state index contributed by atoms with van der Waals surface area (Å²) < 4.78 is 5.09. The van der Waals surface area contributed by atoms with Crippen molar-refractivity contribution in [2.24, 2.45) is 0 Å². The first-order valence-electron chi connectivity index (χ1n) is 7.61. The first-order valence-corrected chi connectivity index (χ1v) is 7.61. The van der Waals surface area contributed by atoms with Crippen molar-refractivity contribution in [1.29, 1.82) is 0 Å². The van der Waals surface area contributed by atoms with Crippen LogP contribution in [0.4, 0.5) is 4.79 Å². The topological polar surface area (TPSA) is 105 Å². The molecule has 1 rings (SSSR count). The van der Waals surface area contributed by atoms with Gasteiger partial charge in [-0.15, -0.1) is 0 Å². The van der Waals surface area contributed by atoms with E-state index in [-0.39, 0.29) is 12.5 Å². The van der Waals surface area contributed by atoms with Crippen molar-refractivity contribution in [2.45, 2.75) is 45.8 Å². The van der Waals surface area contributed by atoms with Crippen molar-refractivity contribution in [2.75, 3.05) is 6.54 Å². The Bertz CT molecular complexity index is 590. The highest BCUT2D eigenvalue weighted by atomic mass is 16.6. The first kappa shape index (κ1) is 19.5. The Labute approximate surface area is 141 Å². The maximum atomic E-state index is 11.7. The lowest BCUT2D eigenvalue weighted by atomic mass is 9.98. The molecule has 0 fully saturated rings. The zero-order valence-corrected chi connectivity index (χ0v) is 14.4. The number of hydrogen-bond acceptors (Lipinski definition) is 4. The van der Waals surface area contributed by atoms with E-state index in [0.717, 1.165) is 5.56 Å². The highest BCUT2D eigenvalue weighted by molar-refractivity contribution is 5.77. The van der Waals surface area contributed by atoms with Crippen molar-refractivity contribution < 1.29 is 24.2 Å². The van der Waals surface area contributed by atoms with Gasteiger partial charge in [0.15, 0.2) is 0 Å². The number of rotatable bonds is 6. The number of nitrogens with one attached hydrogen (secondary N) is 2. The summed E-state index contributed by atoms with van der Waals surface area (Å²) in [5.74, 6) is -2.06. The smallest absolute Gasteiger partial charge is 0.407 e. The Morgan fingerprint density at radius 3 is 2.17 bits per heavy atom. The lowest BCUT2D eigenvalue weighted by Crippen LogP contribution is -2.36. The lowest BCUT2D eigenvalue weighted by molar-refractivity contribution is -0.138. The molecule has 3 N–H and O–H groups in total. The Balaban J connectivity index is 2.69. The van der Waals surface area contributed by atoms with E-state index in [1.807, 2.05) is 0 Å². The minimum absolute atomic E-state index is 0.0741. The van der Waals surface area contributed by atoms with Crippen LogP contribution < -0.4 is 10.6 Å². The molecule has 0 radical (unpaired) electrons. The van der Waals surface area contributed by atoms with E-state index in [1.165, 1.54) is 6.92 Å². The number of benzene rings is 1. The molecule has 0 aliphatic carbocycles. The average Bonchev–Trinajstić information content (AvgIpc) is 2.44. The number of ether oxygens (including phenoxy) is 1. The van der Waals surface area contributed by atoms with E-state index >= 15 is 0 Å². The van der Waals surface area contributed by atoms with Gasteiger partial charge in [0.1, 0.15) is 5.60 Å². The van der Waals surface area contributed by atoms with Gasteiger partial charge in [-0.1, -0.05) is 24.3 Å². The Kier molecular flexibility index (Phi) is 6.76. The molecule has 0 aromatic heterocycles.